The maximum Gasteiger partial charge on any atom is 0.274 e. The molecule has 110 valence electrons. The molecule has 9 heteroatoms. The van der Waals surface area contributed by atoms with E-state index in [9.17, 15) is 17.6 Å². The summed E-state index contributed by atoms with van der Waals surface area (Å²) in [5.74, 6) is -1.51. The Balaban J connectivity index is 2.31. The van der Waals surface area contributed by atoms with Crippen molar-refractivity contribution in [1.82, 2.24) is 4.98 Å². The van der Waals surface area contributed by atoms with E-state index in [0.717, 1.165) is 18.2 Å². The number of amides is 1. The molecule has 0 spiro atoms. The second-order valence-corrected chi connectivity index (χ2v) is 6.00. The van der Waals surface area contributed by atoms with Crippen LogP contribution in [0.15, 0.2) is 41.4 Å². The van der Waals surface area contributed by atoms with E-state index >= 15 is 0 Å². The first kappa shape index (κ1) is 15.4. The van der Waals surface area contributed by atoms with Crippen LogP contribution in [0, 0.1) is 5.82 Å². The van der Waals surface area contributed by atoms with Crippen LogP contribution in [0.25, 0.3) is 0 Å². The average Bonchev–Trinajstić information content (AvgIpc) is 2.40. The number of nitrogens with two attached hydrogens (primary N) is 1. The van der Waals surface area contributed by atoms with E-state index in [1.54, 1.807) is 0 Å². The molecule has 6 nitrogen and oxygen atoms in total. The molecule has 0 saturated carbocycles. The van der Waals surface area contributed by atoms with Gasteiger partial charge >= 0.3 is 0 Å². The fourth-order valence-electron chi connectivity index (χ4n) is 1.47. The summed E-state index contributed by atoms with van der Waals surface area (Å²) in [5.41, 5.74) is -0.317. The zero-order valence-corrected chi connectivity index (χ0v) is 12.0. The van der Waals surface area contributed by atoms with Crippen LogP contribution in [0.4, 0.5) is 10.1 Å². The fourth-order valence-corrected chi connectivity index (χ4v) is 2.13. The number of primary sulfonamides is 1. The molecule has 1 heterocycles. The number of benzene rings is 1. The van der Waals surface area contributed by atoms with Crippen LogP contribution in [0.2, 0.25) is 5.02 Å². The van der Waals surface area contributed by atoms with Crippen molar-refractivity contribution in [3.63, 3.8) is 0 Å². The van der Waals surface area contributed by atoms with E-state index in [-0.39, 0.29) is 16.3 Å². The van der Waals surface area contributed by atoms with E-state index in [2.05, 4.69) is 10.3 Å². The molecule has 0 bridgehead atoms. The summed E-state index contributed by atoms with van der Waals surface area (Å²) in [4.78, 5) is 15.3. The number of carbonyl (C=O) groups excluding carboxylic acids is 1. The van der Waals surface area contributed by atoms with Gasteiger partial charge in [0, 0.05) is 6.20 Å². The van der Waals surface area contributed by atoms with E-state index in [1.807, 2.05) is 0 Å². The number of anilines is 1. The summed E-state index contributed by atoms with van der Waals surface area (Å²) in [6.07, 6.45) is 1.26. The smallest absolute Gasteiger partial charge is 0.274 e. The van der Waals surface area contributed by atoms with Crippen molar-refractivity contribution in [3.05, 3.63) is 53.1 Å². The first-order valence-corrected chi connectivity index (χ1v) is 7.45. The van der Waals surface area contributed by atoms with Crippen molar-refractivity contribution >= 4 is 33.2 Å². The van der Waals surface area contributed by atoms with Crippen molar-refractivity contribution in [2.75, 3.05) is 5.32 Å². The number of sulfonamides is 1. The lowest BCUT2D eigenvalue weighted by Crippen LogP contribution is -2.16. The number of hydrogen-bond acceptors (Lipinski definition) is 4. The zero-order valence-electron chi connectivity index (χ0n) is 10.4. The monoisotopic (exact) mass is 329 g/mol. The van der Waals surface area contributed by atoms with Crippen LogP contribution < -0.4 is 10.5 Å². The minimum atomic E-state index is -4.00. The van der Waals surface area contributed by atoms with Gasteiger partial charge in [-0.2, -0.15) is 0 Å². The molecule has 0 radical (unpaired) electrons. The third-order valence-corrected chi connectivity index (χ3v) is 3.61. The van der Waals surface area contributed by atoms with Crippen molar-refractivity contribution in [1.29, 1.82) is 0 Å². The zero-order chi connectivity index (χ0) is 15.6. The predicted molar refractivity (Wildman–Crippen MR) is 75.0 cm³/mol. The van der Waals surface area contributed by atoms with Gasteiger partial charge in [-0.15, -0.1) is 0 Å². The van der Waals surface area contributed by atoms with Crippen LogP contribution >= 0.6 is 11.6 Å². The van der Waals surface area contributed by atoms with Gasteiger partial charge in [0.25, 0.3) is 5.91 Å². The quantitative estimate of drug-likeness (QED) is 0.895. The van der Waals surface area contributed by atoms with Crippen molar-refractivity contribution in [3.8, 4) is 0 Å². The Hall–Kier alpha value is -2.03. The molecule has 0 saturated heterocycles. The molecule has 2 rings (SSSR count). The summed E-state index contributed by atoms with van der Waals surface area (Å²) in [5, 5.41) is 7.50. The molecule has 1 aromatic carbocycles. The Morgan fingerprint density at radius 2 is 2.00 bits per heavy atom. The Kier molecular flexibility index (Phi) is 4.21. The summed E-state index contributed by atoms with van der Waals surface area (Å²) in [7, 11) is -4.00. The van der Waals surface area contributed by atoms with Gasteiger partial charge < -0.3 is 5.32 Å². The molecule has 0 aliphatic carbocycles. The number of nitrogens with one attached hydrogen (secondary N) is 1. The number of rotatable bonds is 3. The third-order valence-electron chi connectivity index (χ3n) is 2.47. The van der Waals surface area contributed by atoms with Gasteiger partial charge in [0.1, 0.15) is 11.5 Å². The Morgan fingerprint density at radius 1 is 1.29 bits per heavy atom. The van der Waals surface area contributed by atoms with Crippen LogP contribution in [0.5, 0.6) is 0 Å². The van der Waals surface area contributed by atoms with Crippen molar-refractivity contribution in [2.24, 2.45) is 5.14 Å². The van der Waals surface area contributed by atoms with Gasteiger partial charge in [-0.3, -0.25) is 4.79 Å². The number of aromatic nitrogens is 1. The highest BCUT2D eigenvalue weighted by molar-refractivity contribution is 7.89. The second-order valence-electron chi connectivity index (χ2n) is 4.00. The van der Waals surface area contributed by atoms with Gasteiger partial charge in [0.2, 0.25) is 10.0 Å². The number of hydrogen-bond donors (Lipinski definition) is 2. The largest absolute Gasteiger partial charge is 0.318 e. The number of nitrogens with zero attached hydrogens (tertiary/aromatic N) is 1. The highest BCUT2D eigenvalue weighted by Gasteiger charge is 2.15. The topological polar surface area (TPSA) is 102 Å². The summed E-state index contributed by atoms with van der Waals surface area (Å²) < 4.78 is 36.0. The number of carbonyl (C=O) groups is 1. The molecule has 0 unspecified atom stereocenters. The van der Waals surface area contributed by atoms with Gasteiger partial charge in [-0.05, 0) is 30.3 Å². The molecule has 1 amide bonds. The van der Waals surface area contributed by atoms with Crippen LogP contribution in [0.3, 0.4) is 0 Å². The van der Waals surface area contributed by atoms with E-state index in [1.165, 1.54) is 18.3 Å². The third kappa shape index (κ3) is 3.75. The molecule has 0 aliphatic heterocycles. The predicted octanol–water partition coefficient (Wildman–Crippen LogP) is 1.77. The highest BCUT2D eigenvalue weighted by atomic mass is 35.5. The molecule has 0 atom stereocenters. The molecule has 2 aromatic rings. The van der Waals surface area contributed by atoms with Crippen molar-refractivity contribution in [2.45, 2.75) is 4.90 Å². The lowest BCUT2D eigenvalue weighted by molar-refractivity contribution is 0.102. The normalized spacial score (nSPS) is 11.2. The first-order chi connectivity index (χ1) is 9.77. The summed E-state index contributed by atoms with van der Waals surface area (Å²) in [6.45, 7) is 0. The Bertz CT molecular complexity index is 794. The number of pyridine rings is 1. The van der Waals surface area contributed by atoms with Gasteiger partial charge in [-0.1, -0.05) is 11.6 Å². The highest BCUT2D eigenvalue weighted by Crippen LogP contribution is 2.19. The molecule has 0 fully saturated rings. The SMILES string of the molecule is NS(=O)(=O)c1ccc(F)c(NC(=O)c2ccc(Cl)cn2)c1. The van der Waals surface area contributed by atoms with Crippen LogP contribution in [0.1, 0.15) is 10.5 Å². The molecular formula is C12H9ClFN3O3S. The Morgan fingerprint density at radius 3 is 2.57 bits per heavy atom. The first-order valence-electron chi connectivity index (χ1n) is 5.52. The van der Waals surface area contributed by atoms with E-state index in [0.29, 0.717) is 5.02 Å². The maximum atomic E-state index is 13.6. The standard InChI is InChI=1S/C12H9ClFN3O3S/c13-7-1-4-10(16-6-7)12(18)17-11-5-8(21(15,19)20)2-3-9(11)14/h1-6H,(H,17,18)(H2,15,19,20). The molecular weight excluding hydrogens is 321 g/mol. The average molecular weight is 330 g/mol. The molecule has 21 heavy (non-hydrogen) atoms. The number of halogens is 2. The minimum Gasteiger partial charge on any atom is -0.318 e. The summed E-state index contributed by atoms with van der Waals surface area (Å²) >= 11 is 5.64. The van der Waals surface area contributed by atoms with Gasteiger partial charge in [0.15, 0.2) is 0 Å². The molecule has 3 N–H and O–H groups in total. The molecule has 0 aliphatic rings. The Labute approximate surface area is 124 Å². The van der Waals surface area contributed by atoms with Crippen molar-refractivity contribution < 1.29 is 17.6 Å². The van der Waals surface area contributed by atoms with Crippen LogP contribution in [-0.2, 0) is 10.0 Å². The molecule has 1 aromatic heterocycles. The lowest BCUT2D eigenvalue weighted by Gasteiger charge is -2.07. The van der Waals surface area contributed by atoms with E-state index < -0.39 is 21.7 Å². The minimum absolute atomic E-state index is 0.000177. The lowest BCUT2D eigenvalue weighted by atomic mass is 10.3. The van der Waals surface area contributed by atoms with Crippen LogP contribution in [-0.4, -0.2) is 19.3 Å². The fraction of sp³-hybridized carbons (Fsp3) is 0. The maximum absolute atomic E-state index is 13.6. The second kappa shape index (κ2) is 5.76. The summed E-state index contributed by atoms with van der Waals surface area (Å²) in [6, 6.07) is 5.61. The van der Waals surface area contributed by atoms with Gasteiger partial charge in [-0.25, -0.2) is 22.9 Å². The van der Waals surface area contributed by atoms with E-state index in [4.69, 9.17) is 16.7 Å². The van der Waals surface area contributed by atoms with Gasteiger partial charge in [0.05, 0.1) is 15.6 Å².